The molecular formula is C19H34OS3. The molecule has 0 aromatic heterocycles. The van der Waals surface area contributed by atoms with Crippen molar-refractivity contribution in [3.63, 3.8) is 0 Å². The molecule has 0 N–H and O–H groups in total. The molecule has 0 radical (unpaired) electrons. The second kappa shape index (κ2) is 10.7. The van der Waals surface area contributed by atoms with Gasteiger partial charge in [-0.15, -0.1) is 0 Å². The van der Waals surface area contributed by atoms with Crippen molar-refractivity contribution in [3.8, 4) is 0 Å². The lowest BCUT2D eigenvalue weighted by Crippen LogP contribution is -2.03. The van der Waals surface area contributed by atoms with E-state index in [2.05, 4.69) is 56.2 Å². The quantitative estimate of drug-likeness (QED) is 0.402. The number of thiol groups is 1. The van der Waals surface area contributed by atoms with Crippen molar-refractivity contribution in [2.45, 2.75) is 48.8 Å². The molecule has 1 nitrogen and oxygen atoms in total. The van der Waals surface area contributed by atoms with Crippen LogP contribution in [0.2, 0.25) is 0 Å². The van der Waals surface area contributed by atoms with Crippen molar-refractivity contribution in [1.29, 1.82) is 0 Å². The van der Waals surface area contributed by atoms with Gasteiger partial charge in [-0.3, -0.25) is 4.79 Å². The Labute approximate surface area is 152 Å². The molecule has 134 valence electrons. The van der Waals surface area contributed by atoms with Gasteiger partial charge in [0.15, 0.2) is 5.12 Å². The van der Waals surface area contributed by atoms with Gasteiger partial charge in [0.1, 0.15) is 0 Å². The molecule has 0 aliphatic carbocycles. The molecule has 0 unspecified atom stereocenters. The molecule has 0 amide bonds. The summed E-state index contributed by atoms with van der Waals surface area (Å²) in [5, 5.41) is 0.384. The maximum absolute atomic E-state index is 11.8. The maximum atomic E-state index is 11.8. The fourth-order valence-electron chi connectivity index (χ4n) is 2.37. The van der Waals surface area contributed by atoms with Gasteiger partial charge in [-0.05, 0) is 84.1 Å². The summed E-state index contributed by atoms with van der Waals surface area (Å²) in [6.07, 6.45) is 14.7. The number of unbranched alkanes of at least 4 members (excludes halogenated alkanes) is 2. The average Bonchev–Trinajstić information content (AvgIpc) is 2.52. The predicted molar refractivity (Wildman–Crippen MR) is 114 cm³/mol. The van der Waals surface area contributed by atoms with Crippen LogP contribution in [0.25, 0.3) is 0 Å². The maximum Gasteiger partial charge on any atom is 0.188 e. The molecule has 0 spiro atoms. The third kappa shape index (κ3) is 8.04. The van der Waals surface area contributed by atoms with Gasteiger partial charge in [0.05, 0.1) is 0 Å². The number of hydrogen-bond donors (Lipinski definition) is 1. The summed E-state index contributed by atoms with van der Waals surface area (Å²) in [6, 6.07) is 9.28. The first-order valence-electron chi connectivity index (χ1n) is 8.51. The molecule has 0 bridgehead atoms. The lowest BCUT2D eigenvalue weighted by molar-refractivity contribution is -0.111. The van der Waals surface area contributed by atoms with Gasteiger partial charge < -0.3 is 0 Å². The average molecular weight is 375 g/mol. The molecule has 1 aromatic rings. The van der Waals surface area contributed by atoms with Crippen LogP contribution in [0.3, 0.4) is 0 Å². The molecular weight excluding hydrogens is 340 g/mol. The van der Waals surface area contributed by atoms with E-state index in [1.807, 2.05) is 0 Å². The SMILES string of the molecule is CCCCSC(=O)CCCCS(C)(C)c1ccc([SH](C)C)cc1. The number of carbonyl (C=O) groups excluding carboxylic acids is 1. The summed E-state index contributed by atoms with van der Waals surface area (Å²) in [5.41, 5.74) is 0. The van der Waals surface area contributed by atoms with E-state index in [0.717, 1.165) is 25.0 Å². The van der Waals surface area contributed by atoms with Gasteiger partial charge >= 0.3 is 0 Å². The molecule has 0 saturated heterocycles. The Bertz CT molecular complexity index is 466. The van der Waals surface area contributed by atoms with Crippen LogP contribution in [0.4, 0.5) is 0 Å². The minimum atomic E-state index is -0.732. The van der Waals surface area contributed by atoms with Crippen molar-refractivity contribution in [2.75, 3.05) is 36.5 Å². The third-order valence-electron chi connectivity index (χ3n) is 4.04. The molecule has 0 fully saturated rings. The highest BCUT2D eigenvalue weighted by atomic mass is 32.3. The lowest BCUT2D eigenvalue weighted by Gasteiger charge is -2.32. The van der Waals surface area contributed by atoms with Crippen molar-refractivity contribution >= 4 is 37.8 Å². The first kappa shape index (κ1) is 21.0. The molecule has 1 aromatic carbocycles. The summed E-state index contributed by atoms with van der Waals surface area (Å²) in [6.45, 7) is 2.17. The van der Waals surface area contributed by atoms with E-state index in [1.165, 1.54) is 40.1 Å². The smallest absolute Gasteiger partial charge is 0.188 e. The Morgan fingerprint density at radius 1 is 1.09 bits per heavy atom. The topological polar surface area (TPSA) is 17.1 Å². The number of thioether (sulfide) groups is 1. The van der Waals surface area contributed by atoms with E-state index in [1.54, 1.807) is 0 Å². The highest BCUT2D eigenvalue weighted by Gasteiger charge is 2.15. The summed E-state index contributed by atoms with van der Waals surface area (Å²) in [4.78, 5) is 14.8. The first-order chi connectivity index (χ1) is 10.9. The molecule has 4 heteroatoms. The second-order valence-electron chi connectivity index (χ2n) is 6.66. The Morgan fingerprint density at radius 3 is 2.30 bits per heavy atom. The second-order valence-corrected chi connectivity index (χ2v) is 14.1. The van der Waals surface area contributed by atoms with Gasteiger partial charge in [-0.25, -0.2) is 20.9 Å². The highest BCUT2D eigenvalue weighted by Crippen LogP contribution is 2.50. The Hall–Kier alpha value is -0.0600. The van der Waals surface area contributed by atoms with Crippen molar-refractivity contribution in [3.05, 3.63) is 24.3 Å². The Balaban J connectivity index is 2.36. The monoisotopic (exact) mass is 374 g/mol. The van der Waals surface area contributed by atoms with E-state index in [4.69, 9.17) is 0 Å². The van der Waals surface area contributed by atoms with Gasteiger partial charge in [0, 0.05) is 12.2 Å². The number of carbonyl (C=O) groups is 1. The van der Waals surface area contributed by atoms with Crippen LogP contribution in [0.15, 0.2) is 34.1 Å². The van der Waals surface area contributed by atoms with Crippen LogP contribution >= 0.6 is 32.7 Å². The van der Waals surface area contributed by atoms with Crippen LogP contribution in [-0.2, 0) is 4.79 Å². The van der Waals surface area contributed by atoms with Crippen LogP contribution in [0, 0.1) is 0 Å². The number of rotatable bonds is 10. The minimum Gasteiger partial charge on any atom is -0.287 e. The van der Waals surface area contributed by atoms with Crippen LogP contribution in [0.5, 0.6) is 0 Å². The molecule has 0 heterocycles. The van der Waals surface area contributed by atoms with Crippen LogP contribution < -0.4 is 0 Å². The zero-order valence-corrected chi connectivity index (χ0v) is 18.0. The third-order valence-corrected chi connectivity index (χ3v) is 9.25. The van der Waals surface area contributed by atoms with Gasteiger partial charge in [-0.1, -0.05) is 25.1 Å². The van der Waals surface area contributed by atoms with Crippen LogP contribution in [0.1, 0.15) is 39.0 Å². The minimum absolute atomic E-state index is 0.00205. The molecule has 0 aliphatic rings. The fourth-order valence-corrected chi connectivity index (χ4v) is 6.09. The van der Waals surface area contributed by atoms with Crippen molar-refractivity contribution in [1.82, 2.24) is 0 Å². The standard InChI is InChI=1S/C19H34OS3/c1-6-7-15-21-19(20)10-8-9-16-23(4,5)18-13-11-17(12-14-18)22(2)3/h11-14,22H,6-10,15-16H2,1-5H3. The largest absolute Gasteiger partial charge is 0.287 e. The number of benzene rings is 1. The van der Waals surface area contributed by atoms with Gasteiger partial charge in [0.2, 0.25) is 0 Å². The molecule has 0 saturated carbocycles. The highest BCUT2D eigenvalue weighted by molar-refractivity contribution is 8.32. The Morgan fingerprint density at radius 2 is 1.74 bits per heavy atom. The molecule has 23 heavy (non-hydrogen) atoms. The van der Waals surface area contributed by atoms with Gasteiger partial charge in [0.25, 0.3) is 0 Å². The fraction of sp³-hybridized carbons (Fsp3) is 0.632. The molecule has 0 aliphatic heterocycles. The zero-order chi connectivity index (χ0) is 17.3. The predicted octanol–water partition coefficient (Wildman–Crippen LogP) is 5.96. The summed E-state index contributed by atoms with van der Waals surface area (Å²) in [7, 11) is -0.735. The summed E-state index contributed by atoms with van der Waals surface area (Å²) >= 11 is 1.53. The van der Waals surface area contributed by atoms with Crippen molar-refractivity contribution < 1.29 is 4.79 Å². The Kier molecular flexibility index (Phi) is 9.79. The normalized spacial score (nSPS) is 13.0. The van der Waals surface area contributed by atoms with E-state index < -0.39 is 10.0 Å². The van der Waals surface area contributed by atoms with E-state index >= 15 is 0 Å². The number of hydrogen-bond acceptors (Lipinski definition) is 2. The van der Waals surface area contributed by atoms with E-state index in [9.17, 15) is 4.79 Å². The summed E-state index contributed by atoms with van der Waals surface area (Å²) in [5.74, 6) is 2.22. The lowest BCUT2D eigenvalue weighted by atomic mass is 10.3. The molecule has 0 atom stereocenters. The van der Waals surface area contributed by atoms with E-state index in [-0.39, 0.29) is 10.9 Å². The zero-order valence-electron chi connectivity index (χ0n) is 15.4. The summed E-state index contributed by atoms with van der Waals surface area (Å²) < 4.78 is 0. The first-order valence-corrected chi connectivity index (χ1v) is 14.3. The van der Waals surface area contributed by atoms with Crippen molar-refractivity contribution in [2.24, 2.45) is 0 Å². The molecule has 1 rings (SSSR count). The van der Waals surface area contributed by atoms with E-state index in [0.29, 0.717) is 5.12 Å². The van der Waals surface area contributed by atoms with Crippen LogP contribution in [-0.4, -0.2) is 41.6 Å². The van der Waals surface area contributed by atoms with Gasteiger partial charge in [-0.2, -0.15) is 0 Å².